The lowest BCUT2D eigenvalue weighted by molar-refractivity contribution is -0.155. The Kier molecular flexibility index (Phi) is 32.6. The molecule has 92 heavy (non-hydrogen) atoms. The Bertz CT molecular complexity index is 2900. The Balaban J connectivity index is 0.00000113. The number of esters is 1. The zero-order valence-electron chi connectivity index (χ0n) is 54.4. The van der Waals surface area contributed by atoms with Gasteiger partial charge in [0.25, 0.3) is 5.91 Å². The van der Waals surface area contributed by atoms with Crippen molar-refractivity contribution in [3.63, 3.8) is 0 Å². The Morgan fingerprint density at radius 3 is 1.96 bits per heavy atom. The van der Waals surface area contributed by atoms with Gasteiger partial charge in [-0.2, -0.15) is 0 Å². The largest absolute Gasteiger partial charge is 0.481 e. The number of carboxylic acids is 3. The zero-order chi connectivity index (χ0) is 68.9. The monoisotopic (exact) mass is 1290 g/mol. The molecule has 0 unspecified atom stereocenters. The normalized spacial score (nSPS) is 15.8. The van der Waals surface area contributed by atoms with Crippen LogP contribution in [0.3, 0.4) is 0 Å². The second-order valence-corrected chi connectivity index (χ2v) is 25.6. The minimum Gasteiger partial charge on any atom is -0.481 e. The highest BCUT2D eigenvalue weighted by molar-refractivity contribution is 6.08. The fraction of sp³-hybridized carbons (Fsp3) is 0.615. The van der Waals surface area contributed by atoms with E-state index in [1.807, 2.05) is 32.9 Å². The van der Waals surface area contributed by atoms with Crippen LogP contribution in [-0.2, 0) is 52.7 Å². The Labute approximate surface area is 538 Å². The molecule has 2 aliphatic rings. The number of guanidine groups is 1. The zero-order valence-corrected chi connectivity index (χ0v) is 54.4. The van der Waals surface area contributed by atoms with E-state index in [1.54, 1.807) is 32.9 Å². The van der Waals surface area contributed by atoms with E-state index in [0.717, 1.165) is 57.1 Å². The number of amides is 5. The molecule has 0 spiro atoms. The standard InChI is InChI=1S/C52H74N10O13.C13H25NO3/c1-52(2,3)43(65)30-62-40-20-8-7-19-39(40)61(35-16-5-4-6-17-35)29-38(48(62)72)60-51(75)57-34-15-11-14-31(25-34)41(63)26-32(21-22-44(66)67)46(70)58-36(18-12-24-56-50(54)55)47(71)59-37(28-45(68)69)42(64)27-33(49(73)74)13-9-10-23-53;1-10(15)11(14)8-6-5-7-9-12(16)17-13(2,3)4/h7-8,11,14-15,19-20,25,32-33,35-38H,4-6,9-10,12-13,16-18,21-24,26-30,53H2,1-3H3,(H,58,70)(H,59,71)(H,66,67)(H,68,69)(H,73,74)(H4,54,55,56)(H2,57,60,75);11H,5-9,14H2,1-4H3/t32-,33-,36+,37-,38-;11-/m10/s1. The van der Waals surface area contributed by atoms with Crippen LogP contribution >= 0.6 is 0 Å². The van der Waals surface area contributed by atoms with Crippen molar-refractivity contribution in [1.82, 2.24) is 16.0 Å². The third-order valence-corrected chi connectivity index (χ3v) is 15.6. The van der Waals surface area contributed by atoms with Crippen LogP contribution < -0.4 is 54.0 Å². The number of unbranched alkanes of at least 4 members (excludes halogenated alkanes) is 3. The summed E-state index contributed by atoms with van der Waals surface area (Å²) < 4.78 is 5.19. The molecule has 1 heterocycles. The maximum atomic E-state index is 14.5. The lowest BCUT2D eigenvalue weighted by Gasteiger charge is -2.37. The van der Waals surface area contributed by atoms with Crippen LogP contribution in [0.5, 0.6) is 0 Å². The van der Waals surface area contributed by atoms with Crippen molar-refractivity contribution < 1.29 is 77.6 Å². The number of carbonyl (C=O) groups is 12. The van der Waals surface area contributed by atoms with Crippen LogP contribution in [0.4, 0.5) is 21.9 Å². The molecule has 27 nitrogen and oxygen atoms in total. The molecular formula is C65H99N11O16. The summed E-state index contributed by atoms with van der Waals surface area (Å²) in [7, 11) is 0. The van der Waals surface area contributed by atoms with Crippen molar-refractivity contribution >= 4 is 93.8 Å². The van der Waals surface area contributed by atoms with Gasteiger partial charge in [0, 0.05) is 67.4 Å². The first-order chi connectivity index (χ1) is 43.2. The third kappa shape index (κ3) is 28.5. The number of hydrogen-bond acceptors (Lipinski definition) is 17. The van der Waals surface area contributed by atoms with Crippen LogP contribution in [0.1, 0.15) is 187 Å². The van der Waals surface area contributed by atoms with Gasteiger partial charge in [-0.05, 0) is 116 Å². The maximum absolute atomic E-state index is 14.5. The molecule has 2 aromatic carbocycles. The summed E-state index contributed by atoms with van der Waals surface area (Å²) in [5, 5.41) is 39.3. The van der Waals surface area contributed by atoms with E-state index >= 15 is 0 Å². The van der Waals surface area contributed by atoms with Gasteiger partial charge in [0.1, 0.15) is 23.5 Å². The third-order valence-electron chi connectivity index (χ3n) is 15.6. The highest BCUT2D eigenvalue weighted by Crippen LogP contribution is 2.38. The SMILES string of the molecule is CC(=O)[C@@H](N)CCCCCC(=O)OC(C)(C)C.CC(C)(C)C(=O)CN1C(=O)[C@H](NC(=O)Nc2cccc(C(=O)C[C@@H](CCC(=O)O)C(=O)N[C@@H](CCCN=C(N)N)C(=O)N[C@H](CC(=O)O)C(=O)C[C@@H](CCCCN)C(=O)O)c2)CN(C2CCCCC2)c2ccccc21. The molecule has 6 atom stereocenters. The smallest absolute Gasteiger partial charge is 0.319 e. The van der Waals surface area contributed by atoms with Gasteiger partial charge in [-0.1, -0.05) is 83.6 Å². The second-order valence-electron chi connectivity index (χ2n) is 25.6. The summed E-state index contributed by atoms with van der Waals surface area (Å²) in [6, 6.07) is 7.75. The van der Waals surface area contributed by atoms with Crippen molar-refractivity contribution in [3.05, 3.63) is 54.1 Å². The number of para-hydroxylation sites is 2. The minimum absolute atomic E-state index is 0.0153. The van der Waals surface area contributed by atoms with E-state index in [4.69, 9.17) is 27.7 Å². The summed E-state index contributed by atoms with van der Waals surface area (Å²) in [5.74, 6) is -11.1. The number of rotatable bonds is 36. The molecule has 15 N–H and O–H groups in total. The first-order valence-electron chi connectivity index (χ1n) is 31.6. The minimum atomic E-state index is -1.70. The number of carbonyl (C=O) groups excluding carboxylic acids is 9. The number of ether oxygens (including phenoxy) is 1. The molecule has 4 rings (SSSR count). The fourth-order valence-corrected chi connectivity index (χ4v) is 10.5. The van der Waals surface area contributed by atoms with Crippen molar-refractivity contribution in [1.29, 1.82) is 0 Å². The lowest BCUT2D eigenvalue weighted by Crippen LogP contribution is -2.55. The van der Waals surface area contributed by atoms with Gasteiger partial charge in [0.2, 0.25) is 11.8 Å². The average Bonchev–Trinajstić information content (AvgIpc) is 1.62. The van der Waals surface area contributed by atoms with Crippen LogP contribution in [-0.4, -0.2) is 154 Å². The maximum Gasteiger partial charge on any atom is 0.319 e. The van der Waals surface area contributed by atoms with Gasteiger partial charge in [-0.15, -0.1) is 0 Å². The highest BCUT2D eigenvalue weighted by Gasteiger charge is 2.40. The first kappa shape index (κ1) is 77.9. The molecule has 1 saturated carbocycles. The van der Waals surface area contributed by atoms with Crippen LogP contribution in [0, 0.1) is 17.3 Å². The second kappa shape index (κ2) is 38.5. The summed E-state index contributed by atoms with van der Waals surface area (Å²) in [6.45, 7) is 12.6. The first-order valence-corrected chi connectivity index (χ1v) is 31.6. The predicted molar refractivity (Wildman–Crippen MR) is 346 cm³/mol. The number of carboxylic acid groups (broad SMARTS) is 3. The number of aliphatic imine (C=N–C) groups is 1. The Hall–Kier alpha value is -8.33. The average molecular weight is 1290 g/mol. The summed E-state index contributed by atoms with van der Waals surface area (Å²) in [4.78, 5) is 162. The summed E-state index contributed by atoms with van der Waals surface area (Å²) in [5.41, 5.74) is 22.3. The quantitative estimate of drug-likeness (QED) is 0.0132. The van der Waals surface area contributed by atoms with Gasteiger partial charge in [-0.25, -0.2) is 4.79 Å². The van der Waals surface area contributed by atoms with Gasteiger partial charge >= 0.3 is 29.9 Å². The van der Waals surface area contributed by atoms with E-state index in [-0.39, 0.29) is 98.7 Å². The van der Waals surface area contributed by atoms with Crippen LogP contribution in [0.25, 0.3) is 0 Å². The summed E-state index contributed by atoms with van der Waals surface area (Å²) in [6.07, 6.45) is 6.35. The van der Waals surface area contributed by atoms with Gasteiger partial charge in [-0.3, -0.25) is 57.7 Å². The molecule has 0 radical (unpaired) electrons. The number of nitrogens with one attached hydrogen (secondary N) is 4. The van der Waals surface area contributed by atoms with E-state index in [1.165, 1.54) is 36.1 Å². The molecule has 1 aliphatic carbocycles. The van der Waals surface area contributed by atoms with Gasteiger partial charge < -0.3 is 74.1 Å². The number of nitrogens with zero attached hydrogens (tertiary/aromatic N) is 3. The Morgan fingerprint density at radius 1 is 0.707 bits per heavy atom. The molecule has 5 amide bonds. The summed E-state index contributed by atoms with van der Waals surface area (Å²) >= 11 is 0. The van der Waals surface area contributed by atoms with Crippen molar-refractivity contribution in [2.45, 2.75) is 213 Å². The molecule has 0 saturated heterocycles. The van der Waals surface area contributed by atoms with Crippen molar-refractivity contribution in [2.24, 2.45) is 45.2 Å². The van der Waals surface area contributed by atoms with E-state index < -0.39 is 120 Å². The topological polar surface area (TPSA) is 446 Å². The lowest BCUT2D eigenvalue weighted by atomic mass is 9.90. The van der Waals surface area contributed by atoms with E-state index in [2.05, 4.69) is 31.2 Å². The number of ketones is 4. The number of nitrogens with two attached hydrogens (primary N) is 4. The number of hydrogen-bond donors (Lipinski definition) is 11. The molecule has 510 valence electrons. The number of fused-ring (bicyclic) bond motifs is 1. The molecule has 2 aromatic rings. The predicted octanol–water partition coefficient (Wildman–Crippen LogP) is 5.51. The van der Waals surface area contributed by atoms with E-state index in [9.17, 15) is 72.9 Å². The molecule has 1 aliphatic heterocycles. The van der Waals surface area contributed by atoms with Gasteiger partial charge in [0.05, 0.1) is 42.3 Å². The molecular weight excluding hydrogens is 1190 g/mol. The van der Waals surface area contributed by atoms with Gasteiger partial charge in [0.15, 0.2) is 23.3 Å². The van der Waals surface area contributed by atoms with Crippen molar-refractivity contribution in [3.8, 4) is 0 Å². The molecule has 1 fully saturated rings. The Morgan fingerprint density at radius 2 is 1.36 bits per heavy atom. The van der Waals surface area contributed by atoms with Crippen molar-refractivity contribution in [2.75, 3.05) is 41.3 Å². The molecule has 0 bridgehead atoms. The molecule has 27 heteroatoms. The number of anilines is 3. The van der Waals surface area contributed by atoms with E-state index in [0.29, 0.717) is 31.4 Å². The van der Waals surface area contributed by atoms with Crippen LogP contribution in [0.15, 0.2) is 53.5 Å². The number of urea groups is 1. The molecule has 0 aromatic heterocycles. The highest BCUT2D eigenvalue weighted by atomic mass is 16.6. The van der Waals surface area contributed by atoms with Crippen LogP contribution in [0.2, 0.25) is 0 Å². The number of aliphatic carboxylic acids is 3. The number of benzene rings is 2. The fourth-order valence-electron chi connectivity index (χ4n) is 10.5. The number of Topliss-reactive ketones (excluding diaryl/α,β-unsaturated/α-hetero) is 4.